The molecule has 1 fully saturated rings. The van der Waals surface area contributed by atoms with Crippen LogP contribution in [-0.4, -0.2) is 58.8 Å². The third kappa shape index (κ3) is 4.77. The van der Waals surface area contributed by atoms with Crippen molar-refractivity contribution in [3.05, 3.63) is 35.9 Å². The van der Waals surface area contributed by atoms with Gasteiger partial charge in [0.05, 0.1) is 13.2 Å². The van der Waals surface area contributed by atoms with Crippen LogP contribution >= 0.6 is 0 Å². The number of nitrogens with zero attached hydrogens (tertiary/aromatic N) is 1. The van der Waals surface area contributed by atoms with E-state index in [0.717, 1.165) is 5.56 Å². The lowest BCUT2D eigenvalue weighted by atomic mass is 10.0. The zero-order valence-electron chi connectivity index (χ0n) is 16.9. The van der Waals surface area contributed by atoms with Crippen LogP contribution in [0.25, 0.3) is 0 Å². The Bertz CT molecular complexity index is 693. The number of carbonyl (C=O) groups excluding carboxylic acids is 2. The maximum atomic E-state index is 13.1. The number of hydrogen-bond donors (Lipinski definition) is 2. The van der Waals surface area contributed by atoms with Crippen LogP contribution in [-0.2, 0) is 20.7 Å². The van der Waals surface area contributed by atoms with Crippen LogP contribution < -0.4 is 5.32 Å². The van der Waals surface area contributed by atoms with E-state index < -0.39 is 34.5 Å². The van der Waals surface area contributed by atoms with Crippen LogP contribution in [0.2, 0.25) is 0 Å². The Morgan fingerprint density at radius 3 is 2.50 bits per heavy atom. The van der Waals surface area contributed by atoms with Gasteiger partial charge in [-0.3, -0.25) is 10.1 Å². The zero-order chi connectivity index (χ0) is 20.7. The Balaban J connectivity index is 2.12. The van der Waals surface area contributed by atoms with Crippen LogP contribution in [0.15, 0.2) is 30.3 Å². The molecule has 0 aliphatic carbocycles. The maximum Gasteiger partial charge on any atom is 0.521 e. The van der Waals surface area contributed by atoms with E-state index in [1.165, 1.54) is 0 Å². The molecule has 1 saturated heterocycles. The summed E-state index contributed by atoms with van der Waals surface area (Å²) in [6.07, 6.45) is 1.37. The third-order valence-corrected chi connectivity index (χ3v) is 5.58. The maximum absolute atomic E-state index is 13.1. The number of hydrogen-bond acceptors (Lipinski definition) is 5. The lowest BCUT2D eigenvalue weighted by molar-refractivity contribution is -0.793. The molecule has 1 unspecified atom stereocenters. The van der Waals surface area contributed by atoms with Gasteiger partial charge < -0.3 is 9.84 Å². The summed E-state index contributed by atoms with van der Waals surface area (Å²) < 4.78 is 4.58. The molecular weight excluding hydrogens is 360 g/mol. The molecule has 1 aliphatic rings. The molecule has 1 aromatic carbocycles. The summed E-state index contributed by atoms with van der Waals surface area (Å²) >= 11 is 0. The highest BCUT2D eigenvalue weighted by atomic mass is 16.5. The van der Waals surface area contributed by atoms with Crippen LogP contribution in [0.3, 0.4) is 0 Å². The number of benzene rings is 1. The van der Waals surface area contributed by atoms with Crippen molar-refractivity contribution >= 4 is 18.0 Å². The molecule has 0 radical (unpaired) electrons. The molecule has 1 aromatic rings. The molecule has 2 amide bonds. The number of imide groups is 1. The predicted octanol–water partition coefficient (Wildman–Crippen LogP) is 2.73. The summed E-state index contributed by atoms with van der Waals surface area (Å²) in [4.78, 5) is 37.4. The van der Waals surface area contributed by atoms with E-state index in [2.05, 4.69) is 5.32 Å². The summed E-state index contributed by atoms with van der Waals surface area (Å²) in [5.74, 6) is -0.832. The molecule has 2 rings (SSSR count). The van der Waals surface area contributed by atoms with Crippen molar-refractivity contribution in [2.24, 2.45) is 0 Å². The van der Waals surface area contributed by atoms with Crippen molar-refractivity contribution in [2.45, 2.75) is 64.6 Å². The number of carboxylic acid groups (broad SMARTS) is 1. The molecule has 7 nitrogen and oxygen atoms in total. The van der Waals surface area contributed by atoms with E-state index in [9.17, 15) is 19.5 Å². The summed E-state index contributed by atoms with van der Waals surface area (Å²) in [5.41, 5.74) is 1.08. The number of amides is 2. The number of likely N-dealkylation sites (tertiary alicyclic amines) is 1. The Hall–Kier alpha value is -2.25. The first-order chi connectivity index (χ1) is 13.3. The number of rotatable bonds is 8. The highest BCUT2D eigenvalue weighted by Gasteiger charge is 2.54. The predicted molar refractivity (Wildman–Crippen MR) is 105 cm³/mol. The molecule has 154 valence electrons. The number of ether oxygens (including phenoxy) is 1. The van der Waals surface area contributed by atoms with Gasteiger partial charge in [0.1, 0.15) is 18.1 Å². The molecule has 4 atom stereocenters. The second kappa shape index (κ2) is 9.80. The van der Waals surface area contributed by atoms with Crippen molar-refractivity contribution in [3.63, 3.8) is 0 Å². The topological polar surface area (TPSA) is 92.7 Å². The summed E-state index contributed by atoms with van der Waals surface area (Å²) in [6.45, 7) is 5.69. The van der Waals surface area contributed by atoms with E-state index in [1.54, 1.807) is 20.8 Å². The van der Waals surface area contributed by atoms with Gasteiger partial charge in [-0.2, -0.15) is 9.28 Å². The van der Waals surface area contributed by atoms with Crippen molar-refractivity contribution in [1.82, 2.24) is 5.32 Å². The molecule has 7 heteroatoms. The lowest BCUT2D eigenvalue weighted by Gasteiger charge is -2.33. The highest BCUT2D eigenvalue weighted by Crippen LogP contribution is 2.29. The fourth-order valence-electron chi connectivity index (χ4n) is 3.97. The second-order valence-electron chi connectivity index (χ2n) is 7.42. The van der Waals surface area contributed by atoms with Gasteiger partial charge in [0, 0.05) is 12.8 Å². The standard InChI is InChI=1S/C21H30N2O5/c1-4-28-20(25)18(13-12-17-10-6-5-7-11-17)22-16(3)19(24)23(21(26)27)14-8-9-15(23)2/h5-7,10-11,15-16,18,22H,4,8-9,12-14H2,1-3H3/p+1/t15-,16+,18+,23?/m1/s1. The minimum Gasteiger partial charge on any atom is -0.465 e. The number of quaternary nitrogens is 1. The van der Waals surface area contributed by atoms with Gasteiger partial charge >= 0.3 is 18.0 Å². The quantitative estimate of drug-likeness (QED) is 0.523. The van der Waals surface area contributed by atoms with Crippen LogP contribution in [0.4, 0.5) is 4.79 Å². The molecule has 0 bridgehead atoms. The van der Waals surface area contributed by atoms with Gasteiger partial charge in [-0.25, -0.2) is 4.79 Å². The average Bonchev–Trinajstić information content (AvgIpc) is 3.07. The number of esters is 1. The largest absolute Gasteiger partial charge is 0.521 e. The second-order valence-corrected chi connectivity index (χ2v) is 7.42. The van der Waals surface area contributed by atoms with Gasteiger partial charge in [-0.1, -0.05) is 30.3 Å². The zero-order valence-corrected chi connectivity index (χ0v) is 16.9. The molecule has 0 saturated carbocycles. The third-order valence-electron chi connectivity index (χ3n) is 5.58. The minimum absolute atomic E-state index is 0.247. The Labute approximate surface area is 166 Å². The van der Waals surface area contributed by atoms with Gasteiger partial charge in [-0.15, -0.1) is 0 Å². The fraction of sp³-hybridized carbons (Fsp3) is 0.571. The number of nitrogens with one attached hydrogen (secondary N) is 1. The first-order valence-corrected chi connectivity index (χ1v) is 9.95. The monoisotopic (exact) mass is 391 g/mol. The van der Waals surface area contributed by atoms with Crippen molar-refractivity contribution in [1.29, 1.82) is 0 Å². The van der Waals surface area contributed by atoms with Crippen molar-refractivity contribution < 1.29 is 28.7 Å². The Morgan fingerprint density at radius 1 is 1.29 bits per heavy atom. The highest BCUT2D eigenvalue weighted by molar-refractivity contribution is 5.85. The van der Waals surface area contributed by atoms with Gasteiger partial charge in [0.15, 0.2) is 0 Å². The van der Waals surface area contributed by atoms with E-state index in [4.69, 9.17) is 4.74 Å². The smallest absolute Gasteiger partial charge is 0.465 e. The molecular formula is C21H31N2O5+. The molecule has 1 aliphatic heterocycles. The van der Waals surface area contributed by atoms with Crippen LogP contribution in [0.1, 0.15) is 45.6 Å². The average molecular weight is 391 g/mol. The van der Waals surface area contributed by atoms with E-state index in [0.29, 0.717) is 25.7 Å². The minimum atomic E-state index is -1.12. The number of aryl methyl sites for hydroxylation is 1. The van der Waals surface area contributed by atoms with Crippen LogP contribution in [0.5, 0.6) is 0 Å². The van der Waals surface area contributed by atoms with Crippen molar-refractivity contribution in [3.8, 4) is 0 Å². The van der Waals surface area contributed by atoms with E-state index in [1.807, 2.05) is 30.3 Å². The molecule has 0 spiro atoms. The molecule has 0 aromatic heterocycles. The van der Waals surface area contributed by atoms with Gasteiger partial charge in [0.2, 0.25) is 0 Å². The molecule has 28 heavy (non-hydrogen) atoms. The summed E-state index contributed by atoms with van der Waals surface area (Å²) in [6, 6.07) is 8.03. The van der Waals surface area contributed by atoms with Gasteiger partial charge in [-0.05, 0) is 39.2 Å². The Morgan fingerprint density at radius 2 is 1.96 bits per heavy atom. The first kappa shape index (κ1) is 22.0. The SMILES string of the molecule is CCOC(=O)[C@H](CCc1ccccc1)N[C@@H](C)C(=O)[N+]1(C(=O)O)CCC[C@H]1C. The molecule has 1 heterocycles. The van der Waals surface area contributed by atoms with Crippen molar-refractivity contribution in [2.75, 3.05) is 13.2 Å². The first-order valence-electron chi connectivity index (χ1n) is 9.95. The van der Waals surface area contributed by atoms with Gasteiger partial charge in [0.25, 0.3) is 0 Å². The Kier molecular flexibility index (Phi) is 7.71. The summed E-state index contributed by atoms with van der Waals surface area (Å²) in [7, 11) is 0. The number of carbonyl (C=O) groups is 3. The fourth-order valence-corrected chi connectivity index (χ4v) is 3.97. The van der Waals surface area contributed by atoms with Crippen LogP contribution in [0, 0.1) is 0 Å². The van der Waals surface area contributed by atoms with E-state index in [-0.39, 0.29) is 19.2 Å². The normalized spacial score (nSPS) is 23.8. The summed E-state index contributed by atoms with van der Waals surface area (Å²) in [5, 5.41) is 12.8. The molecule has 2 N–H and O–H groups in total. The lowest BCUT2D eigenvalue weighted by Crippen LogP contribution is -2.64. The van der Waals surface area contributed by atoms with E-state index >= 15 is 0 Å².